The van der Waals surface area contributed by atoms with Crippen molar-refractivity contribution in [3.8, 4) is 16.9 Å². The summed E-state index contributed by atoms with van der Waals surface area (Å²) < 4.78 is 35.4. The molecule has 0 saturated carbocycles. The number of amides is 1. The topological polar surface area (TPSA) is 97.4 Å². The van der Waals surface area contributed by atoms with Gasteiger partial charge in [0.15, 0.2) is 9.84 Å². The van der Waals surface area contributed by atoms with Gasteiger partial charge in [-0.15, -0.1) is 0 Å². The molecule has 0 aliphatic heterocycles. The minimum absolute atomic E-state index is 0.127. The first-order valence-electron chi connectivity index (χ1n) is 12.0. The fourth-order valence-corrected chi connectivity index (χ4v) is 6.28. The number of carbonyl (C=O) groups excluding carboxylic acids is 1. The highest BCUT2D eigenvalue weighted by Gasteiger charge is 2.33. The van der Waals surface area contributed by atoms with Crippen LogP contribution < -0.4 is 15.4 Å². The van der Waals surface area contributed by atoms with Crippen molar-refractivity contribution in [2.45, 2.75) is 36.8 Å². The molecular weight excluding hydrogens is 506 g/mol. The number of ether oxygens (including phenoxy) is 1. The van der Waals surface area contributed by atoms with Gasteiger partial charge >= 0.3 is 0 Å². The van der Waals surface area contributed by atoms with Gasteiger partial charge in [0.05, 0.1) is 21.5 Å². The SMILES string of the molecule is COc1ccc(-c2ccc(C(=O)NCCCNc3nsc4c(S(=O)(=O)C(C)(C)C)cccc34)cc2)cc1. The van der Waals surface area contributed by atoms with E-state index in [4.69, 9.17) is 4.74 Å². The molecule has 0 spiro atoms. The van der Waals surface area contributed by atoms with E-state index in [1.165, 1.54) is 11.5 Å². The van der Waals surface area contributed by atoms with E-state index in [2.05, 4.69) is 15.0 Å². The van der Waals surface area contributed by atoms with E-state index in [-0.39, 0.29) is 5.91 Å². The summed E-state index contributed by atoms with van der Waals surface area (Å²) in [6.07, 6.45) is 0.689. The highest BCUT2D eigenvalue weighted by Crippen LogP contribution is 2.36. The summed E-state index contributed by atoms with van der Waals surface area (Å²) in [4.78, 5) is 12.9. The molecule has 194 valence electrons. The second kappa shape index (κ2) is 10.9. The Hall–Kier alpha value is -3.43. The fourth-order valence-electron chi connectivity index (χ4n) is 3.80. The summed E-state index contributed by atoms with van der Waals surface area (Å²) in [5.41, 5.74) is 2.68. The van der Waals surface area contributed by atoms with E-state index >= 15 is 0 Å². The smallest absolute Gasteiger partial charge is 0.251 e. The number of aromatic nitrogens is 1. The molecule has 2 N–H and O–H groups in total. The maximum absolute atomic E-state index is 13.0. The van der Waals surface area contributed by atoms with E-state index < -0.39 is 14.6 Å². The average molecular weight is 538 g/mol. The molecule has 0 atom stereocenters. The summed E-state index contributed by atoms with van der Waals surface area (Å²) in [6, 6.07) is 20.5. The maximum Gasteiger partial charge on any atom is 0.251 e. The molecule has 0 radical (unpaired) electrons. The van der Waals surface area contributed by atoms with Crippen molar-refractivity contribution in [2.24, 2.45) is 0 Å². The molecule has 1 aromatic heterocycles. The lowest BCUT2D eigenvalue weighted by atomic mass is 10.0. The zero-order chi connectivity index (χ0) is 26.6. The zero-order valence-electron chi connectivity index (χ0n) is 21.4. The predicted octanol–water partition coefficient (Wildman–Crippen LogP) is 5.78. The van der Waals surface area contributed by atoms with Gasteiger partial charge in [-0.05, 0) is 86.2 Å². The first-order valence-corrected chi connectivity index (χ1v) is 14.3. The average Bonchev–Trinajstić information content (AvgIpc) is 3.31. The third kappa shape index (κ3) is 5.78. The van der Waals surface area contributed by atoms with Crippen molar-refractivity contribution in [3.05, 3.63) is 72.3 Å². The predicted molar refractivity (Wildman–Crippen MR) is 150 cm³/mol. The van der Waals surface area contributed by atoms with E-state index in [0.717, 1.165) is 22.3 Å². The Balaban J connectivity index is 1.30. The lowest BCUT2D eigenvalue weighted by molar-refractivity contribution is 0.0953. The van der Waals surface area contributed by atoms with Crippen LogP contribution in [-0.2, 0) is 9.84 Å². The van der Waals surface area contributed by atoms with Gasteiger partial charge in [-0.3, -0.25) is 4.79 Å². The number of rotatable bonds is 9. The molecule has 7 nitrogen and oxygen atoms in total. The van der Waals surface area contributed by atoms with Crippen molar-refractivity contribution < 1.29 is 17.9 Å². The Morgan fingerprint density at radius 3 is 2.22 bits per heavy atom. The number of fused-ring (bicyclic) bond motifs is 1. The number of anilines is 1. The number of sulfone groups is 1. The van der Waals surface area contributed by atoms with E-state index in [9.17, 15) is 13.2 Å². The standard InChI is InChI=1S/C28H31N3O4S2/c1-28(2,3)37(33,34)24-8-5-7-23-25(24)36-31-26(23)29-17-6-18-30-27(32)21-11-9-19(10-12-21)20-13-15-22(35-4)16-14-20/h5,7-16H,6,17-18H2,1-4H3,(H,29,31)(H,30,32). The van der Waals surface area contributed by atoms with Gasteiger partial charge in [0.2, 0.25) is 0 Å². The quantitative estimate of drug-likeness (QED) is 0.263. The molecule has 4 rings (SSSR count). The molecule has 3 aromatic carbocycles. The van der Waals surface area contributed by atoms with Crippen LogP contribution in [0.4, 0.5) is 5.82 Å². The number of methoxy groups -OCH3 is 1. The van der Waals surface area contributed by atoms with E-state index in [1.54, 1.807) is 40.0 Å². The van der Waals surface area contributed by atoms with Crippen LogP contribution in [0.3, 0.4) is 0 Å². The lowest BCUT2D eigenvalue weighted by Gasteiger charge is -2.19. The molecule has 0 aliphatic rings. The Morgan fingerprint density at radius 2 is 1.59 bits per heavy atom. The first kappa shape index (κ1) is 26.6. The van der Waals surface area contributed by atoms with Crippen LogP contribution in [0.2, 0.25) is 0 Å². The van der Waals surface area contributed by atoms with Gasteiger partial charge in [-0.2, -0.15) is 4.37 Å². The van der Waals surface area contributed by atoms with Crippen molar-refractivity contribution in [2.75, 3.05) is 25.5 Å². The van der Waals surface area contributed by atoms with Crippen molar-refractivity contribution in [1.29, 1.82) is 0 Å². The van der Waals surface area contributed by atoms with E-state index in [0.29, 0.717) is 40.5 Å². The number of benzene rings is 3. The van der Waals surface area contributed by atoms with Crippen LogP contribution in [0, 0.1) is 0 Å². The second-order valence-corrected chi connectivity index (χ2v) is 13.1. The highest BCUT2D eigenvalue weighted by molar-refractivity contribution is 7.93. The van der Waals surface area contributed by atoms with Crippen LogP contribution in [-0.4, -0.2) is 43.6 Å². The van der Waals surface area contributed by atoms with Gasteiger partial charge in [-0.25, -0.2) is 8.42 Å². The molecule has 37 heavy (non-hydrogen) atoms. The first-order chi connectivity index (χ1) is 17.6. The summed E-state index contributed by atoms with van der Waals surface area (Å²) in [7, 11) is -1.85. The molecule has 0 fully saturated rings. The molecule has 0 saturated heterocycles. The normalized spacial score (nSPS) is 11.9. The van der Waals surface area contributed by atoms with E-state index in [1.807, 2.05) is 54.6 Å². The largest absolute Gasteiger partial charge is 0.497 e. The zero-order valence-corrected chi connectivity index (χ0v) is 23.0. The van der Waals surface area contributed by atoms with Gasteiger partial charge in [0.1, 0.15) is 11.6 Å². The van der Waals surface area contributed by atoms with Gasteiger partial charge in [-0.1, -0.05) is 30.3 Å². The van der Waals surface area contributed by atoms with Crippen molar-refractivity contribution >= 4 is 43.2 Å². The molecule has 9 heteroatoms. The Bertz CT molecular complexity index is 1490. The number of nitrogens with zero attached hydrogens (tertiary/aromatic N) is 1. The molecule has 4 aromatic rings. The van der Waals surface area contributed by atoms with Crippen LogP contribution >= 0.6 is 11.5 Å². The van der Waals surface area contributed by atoms with Crippen LogP contribution in [0.25, 0.3) is 21.2 Å². The highest BCUT2D eigenvalue weighted by atomic mass is 32.2. The van der Waals surface area contributed by atoms with Gasteiger partial charge in [0, 0.05) is 24.0 Å². The third-order valence-electron chi connectivity index (χ3n) is 6.06. The lowest BCUT2D eigenvalue weighted by Crippen LogP contribution is -2.27. The minimum atomic E-state index is -3.49. The second-order valence-electron chi connectivity index (χ2n) is 9.62. The third-order valence-corrected chi connectivity index (χ3v) is 9.62. The molecule has 1 heterocycles. The maximum atomic E-state index is 13.0. The number of nitrogens with one attached hydrogen (secondary N) is 2. The molecule has 0 aliphatic carbocycles. The summed E-state index contributed by atoms with van der Waals surface area (Å²) in [5, 5.41) is 7.01. The summed E-state index contributed by atoms with van der Waals surface area (Å²) in [5.74, 6) is 1.33. The van der Waals surface area contributed by atoms with Crippen LogP contribution in [0.1, 0.15) is 37.6 Å². The monoisotopic (exact) mass is 537 g/mol. The van der Waals surface area contributed by atoms with Gasteiger partial charge in [0.25, 0.3) is 5.91 Å². The molecule has 0 bridgehead atoms. The summed E-state index contributed by atoms with van der Waals surface area (Å²) in [6.45, 7) is 6.18. The van der Waals surface area contributed by atoms with Crippen LogP contribution in [0.5, 0.6) is 5.75 Å². The molecule has 0 unspecified atom stereocenters. The minimum Gasteiger partial charge on any atom is -0.497 e. The van der Waals surface area contributed by atoms with Gasteiger partial charge < -0.3 is 15.4 Å². The van der Waals surface area contributed by atoms with Crippen molar-refractivity contribution in [1.82, 2.24) is 9.69 Å². The summed E-state index contributed by atoms with van der Waals surface area (Å²) >= 11 is 1.18. The molecule has 1 amide bonds. The van der Waals surface area contributed by atoms with Crippen LogP contribution in [0.15, 0.2) is 71.6 Å². The molecular formula is C28H31N3O4S2. The Labute approximate surface area is 222 Å². The number of hydrogen-bond donors (Lipinski definition) is 2. The Kier molecular flexibility index (Phi) is 7.85. The fraction of sp³-hybridized carbons (Fsp3) is 0.286. The number of carbonyl (C=O) groups is 1. The Morgan fingerprint density at radius 1 is 0.946 bits per heavy atom. The van der Waals surface area contributed by atoms with Crippen molar-refractivity contribution in [3.63, 3.8) is 0 Å². The number of hydrogen-bond acceptors (Lipinski definition) is 7.